The lowest BCUT2D eigenvalue weighted by Gasteiger charge is -2.24. The summed E-state index contributed by atoms with van der Waals surface area (Å²) in [5.41, 5.74) is -1.21. The summed E-state index contributed by atoms with van der Waals surface area (Å²) in [4.78, 5) is 13.3. The molecule has 0 aromatic heterocycles. The van der Waals surface area contributed by atoms with Gasteiger partial charge in [0.15, 0.2) is 23.3 Å². The van der Waals surface area contributed by atoms with Crippen molar-refractivity contribution in [2.24, 2.45) is 0 Å². The summed E-state index contributed by atoms with van der Waals surface area (Å²) in [6, 6.07) is -1.14. The number of nitrogens with one attached hydrogen (secondary N) is 1. The third kappa shape index (κ3) is 3.25. The zero-order valence-corrected chi connectivity index (χ0v) is 11.7. The molecule has 0 aliphatic carbocycles. The molecule has 0 saturated heterocycles. The van der Waals surface area contributed by atoms with Crippen LogP contribution in [0.4, 0.5) is 27.6 Å². The summed E-state index contributed by atoms with van der Waals surface area (Å²) in [5, 5.41) is 2.05. The van der Waals surface area contributed by atoms with Crippen molar-refractivity contribution in [2.75, 3.05) is 18.4 Å². The van der Waals surface area contributed by atoms with E-state index in [9.17, 15) is 26.7 Å². The summed E-state index contributed by atoms with van der Waals surface area (Å²) in [5.74, 6) is -10.9. The van der Waals surface area contributed by atoms with E-state index in [0.29, 0.717) is 13.1 Å². The quantitative estimate of drug-likeness (QED) is 0.515. The van der Waals surface area contributed by atoms with Gasteiger partial charge in [-0.2, -0.15) is 0 Å². The summed E-state index contributed by atoms with van der Waals surface area (Å²) >= 11 is 0. The molecule has 0 radical (unpaired) electrons. The van der Waals surface area contributed by atoms with E-state index in [4.69, 9.17) is 0 Å². The first kappa shape index (κ1) is 17.2. The lowest BCUT2D eigenvalue weighted by molar-refractivity contribution is -0.131. The van der Waals surface area contributed by atoms with Crippen molar-refractivity contribution in [2.45, 2.75) is 26.8 Å². The lowest BCUT2D eigenvalue weighted by Crippen LogP contribution is -2.41. The Morgan fingerprint density at radius 1 is 0.952 bits per heavy atom. The van der Waals surface area contributed by atoms with E-state index in [1.807, 2.05) is 5.32 Å². The standard InChI is InChI=1S/C13H15F5N2O/c1-4-20(5-2)13(21)6(3)19-12-10(17)8(15)7(14)9(16)11(12)18/h6,19H,4-5H2,1-3H3. The predicted octanol–water partition coefficient (Wildman–Crippen LogP) is 3.05. The molecular formula is C13H15F5N2O. The molecule has 1 unspecified atom stereocenters. The van der Waals surface area contributed by atoms with Crippen LogP contribution in [0.15, 0.2) is 0 Å². The van der Waals surface area contributed by atoms with E-state index in [1.165, 1.54) is 11.8 Å². The molecule has 0 aliphatic rings. The van der Waals surface area contributed by atoms with Crippen molar-refractivity contribution in [3.8, 4) is 0 Å². The minimum atomic E-state index is -2.24. The third-order valence-corrected chi connectivity index (χ3v) is 3.02. The molecule has 3 nitrogen and oxygen atoms in total. The fourth-order valence-corrected chi connectivity index (χ4v) is 1.82. The van der Waals surface area contributed by atoms with Crippen molar-refractivity contribution in [1.82, 2.24) is 4.90 Å². The number of rotatable bonds is 5. The van der Waals surface area contributed by atoms with Gasteiger partial charge in [-0.1, -0.05) is 0 Å². The summed E-state index contributed by atoms with van der Waals surface area (Å²) < 4.78 is 66.0. The largest absolute Gasteiger partial charge is 0.369 e. The van der Waals surface area contributed by atoms with E-state index in [0.717, 1.165) is 0 Å². The Labute approximate surface area is 118 Å². The normalized spacial score (nSPS) is 12.2. The Bertz CT molecular complexity index is 517. The van der Waals surface area contributed by atoms with E-state index in [2.05, 4.69) is 0 Å². The average molecular weight is 310 g/mol. The van der Waals surface area contributed by atoms with Crippen LogP contribution in [0, 0.1) is 29.1 Å². The predicted molar refractivity (Wildman–Crippen MR) is 67.2 cm³/mol. The summed E-state index contributed by atoms with van der Waals surface area (Å²) in [6.07, 6.45) is 0. The van der Waals surface area contributed by atoms with Crippen LogP contribution in [-0.2, 0) is 4.79 Å². The van der Waals surface area contributed by atoms with Gasteiger partial charge >= 0.3 is 0 Å². The van der Waals surface area contributed by atoms with Crippen LogP contribution < -0.4 is 5.32 Å². The minimum absolute atomic E-state index is 0.360. The number of anilines is 1. The number of benzene rings is 1. The highest BCUT2D eigenvalue weighted by Crippen LogP contribution is 2.27. The van der Waals surface area contributed by atoms with Gasteiger partial charge in [0, 0.05) is 13.1 Å². The highest BCUT2D eigenvalue weighted by atomic mass is 19.2. The van der Waals surface area contributed by atoms with Gasteiger partial charge in [-0.15, -0.1) is 0 Å². The number of carbonyl (C=O) groups is 1. The van der Waals surface area contributed by atoms with Crippen molar-refractivity contribution in [1.29, 1.82) is 0 Å². The maximum atomic E-state index is 13.5. The van der Waals surface area contributed by atoms with E-state index >= 15 is 0 Å². The van der Waals surface area contributed by atoms with E-state index < -0.39 is 46.7 Å². The molecule has 0 aliphatic heterocycles. The van der Waals surface area contributed by atoms with Crippen LogP contribution in [0.5, 0.6) is 0 Å². The van der Waals surface area contributed by atoms with Crippen molar-refractivity contribution < 1.29 is 26.7 Å². The molecule has 1 amide bonds. The van der Waals surface area contributed by atoms with Gasteiger partial charge in [0.1, 0.15) is 11.7 Å². The molecule has 0 bridgehead atoms. The molecule has 0 heterocycles. The van der Waals surface area contributed by atoms with Gasteiger partial charge in [-0.05, 0) is 20.8 Å². The first-order chi connectivity index (χ1) is 9.76. The minimum Gasteiger partial charge on any atom is -0.369 e. The topological polar surface area (TPSA) is 32.3 Å². The molecule has 0 spiro atoms. The van der Waals surface area contributed by atoms with Crippen LogP contribution in [0.1, 0.15) is 20.8 Å². The highest BCUT2D eigenvalue weighted by molar-refractivity contribution is 5.84. The van der Waals surface area contributed by atoms with E-state index in [-0.39, 0.29) is 0 Å². The number of likely N-dealkylation sites (N-methyl/N-ethyl adjacent to an activating group) is 1. The summed E-state index contributed by atoms with van der Waals surface area (Å²) in [6.45, 7) is 5.40. The van der Waals surface area contributed by atoms with Crippen LogP contribution in [0.3, 0.4) is 0 Å². The molecule has 118 valence electrons. The third-order valence-electron chi connectivity index (χ3n) is 3.02. The molecule has 1 N–H and O–H groups in total. The maximum Gasteiger partial charge on any atom is 0.244 e. The van der Waals surface area contributed by atoms with Gasteiger partial charge in [-0.25, -0.2) is 22.0 Å². The smallest absolute Gasteiger partial charge is 0.244 e. The van der Waals surface area contributed by atoms with Crippen molar-refractivity contribution >= 4 is 11.6 Å². The Hall–Kier alpha value is -1.86. The Morgan fingerprint density at radius 2 is 1.33 bits per heavy atom. The van der Waals surface area contributed by atoms with Crippen molar-refractivity contribution in [3.05, 3.63) is 29.1 Å². The van der Waals surface area contributed by atoms with Gasteiger partial charge in [0.25, 0.3) is 0 Å². The monoisotopic (exact) mass is 310 g/mol. The molecule has 1 rings (SSSR count). The van der Waals surface area contributed by atoms with Gasteiger partial charge in [0.2, 0.25) is 11.7 Å². The zero-order valence-electron chi connectivity index (χ0n) is 11.7. The average Bonchev–Trinajstić information content (AvgIpc) is 2.48. The van der Waals surface area contributed by atoms with E-state index in [1.54, 1.807) is 13.8 Å². The molecular weight excluding hydrogens is 295 g/mol. The fourth-order valence-electron chi connectivity index (χ4n) is 1.82. The molecule has 0 saturated carbocycles. The molecule has 21 heavy (non-hydrogen) atoms. The zero-order chi connectivity index (χ0) is 16.3. The first-order valence-electron chi connectivity index (χ1n) is 6.32. The molecule has 8 heteroatoms. The first-order valence-corrected chi connectivity index (χ1v) is 6.32. The van der Waals surface area contributed by atoms with Gasteiger partial charge in [-0.3, -0.25) is 4.79 Å². The molecule has 1 atom stereocenters. The number of hydrogen-bond donors (Lipinski definition) is 1. The fraction of sp³-hybridized carbons (Fsp3) is 0.462. The molecule has 0 fully saturated rings. The van der Waals surface area contributed by atoms with Crippen LogP contribution in [-0.4, -0.2) is 29.9 Å². The lowest BCUT2D eigenvalue weighted by atomic mass is 10.2. The Kier molecular flexibility index (Phi) is 5.51. The number of hydrogen-bond acceptors (Lipinski definition) is 2. The second kappa shape index (κ2) is 6.73. The molecule has 1 aromatic carbocycles. The number of halogens is 5. The number of nitrogens with zero attached hydrogens (tertiary/aromatic N) is 1. The number of amides is 1. The Balaban J connectivity index is 3.12. The van der Waals surface area contributed by atoms with Crippen LogP contribution >= 0.6 is 0 Å². The van der Waals surface area contributed by atoms with Gasteiger partial charge in [0.05, 0.1) is 0 Å². The van der Waals surface area contributed by atoms with Crippen LogP contribution in [0.2, 0.25) is 0 Å². The van der Waals surface area contributed by atoms with Gasteiger partial charge < -0.3 is 10.2 Å². The second-order valence-electron chi connectivity index (χ2n) is 4.32. The second-order valence-corrected chi connectivity index (χ2v) is 4.32. The number of carbonyl (C=O) groups excluding carboxylic acids is 1. The highest BCUT2D eigenvalue weighted by Gasteiger charge is 2.28. The van der Waals surface area contributed by atoms with Crippen LogP contribution in [0.25, 0.3) is 0 Å². The SMILES string of the molecule is CCN(CC)C(=O)C(C)Nc1c(F)c(F)c(F)c(F)c1F. The summed E-state index contributed by atoms with van der Waals surface area (Å²) in [7, 11) is 0. The maximum absolute atomic E-state index is 13.5. The van der Waals surface area contributed by atoms with Crippen molar-refractivity contribution in [3.63, 3.8) is 0 Å². The molecule has 1 aromatic rings. The Morgan fingerprint density at radius 3 is 1.71 bits per heavy atom.